The van der Waals surface area contributed by atoms with Crippen molar-refractivity contribution in [3.63, 3.8) is 0 Å². The van der Waals surface area contributed by atoms with Crippen LogP contribution in [-0.2, 0) is 10.0 Å². The van der Waals surface area contributed by atoms with Gasteiger partial charge in [-0.15, -0.1) is 0 Å². The largest absolute Gasteiger partial charge is 0.393 e. The number of anilines is 3. The molecule has 2 heterocycles. The Morgan fingerprint density at radius 1 is 1.00 bits per heavy atom. The normalized spacial score (nSPS) is 11.8. The number of benzene rings is 2. The fourth-order valence-corrected chi connectivity index (χ4v) is 4.82. The first-order valence-electron chi connectivity index (χ1n) is 9.85. The maximum Gasteiger partial charge on any atom is 0.243 e. The molecule has 2 aromatic heterocycles. The van der Waals surface area contributed by atoms with Crippen molar-refractivity contribution in [2.45, 2.75) is 18.7 Å². The molecule has 0 bridgehead atoms. The first-order chi connectivity index (χ1) is 15.0. The first kappa shape index (κ1) is 20.8. The second-order valence-electron chi connectivity index (χ2n) is 6.80. The Hall–Kier alpha value is -3.50. The highest BCUT2D eigenvalue weighted by Gasteiger charge is 2.21. The van der Waals surface area contributed by atoms with E-state index >= 15 is 0 Å². The number of hydrogen-bond donors (Lipinski definition) is 2. The van der Waals surface area contributed by atoms with Crippen LogP contribution in [0.25, 0.3) is 16.9 Å². The van der Waals surface area contributed by atoms with Gasteiger partial charge in [0.2, 0.25) is 10.0 Å². The molecule has 4 aromatic rings. The summed E-state index contributed by atoms with van der Waals surface area (Å²) in [7, 11) is -3.51. The molecule has 0 atom stereocenters. The fraction of sp³-hybridized carbons (Fsp3) is 0.190. The van der Waals surface area contributed by atoms with E-state index in [1.807, 2.05) is 38.1 Å². The average molecular weight is 438 g/mol. The van der Waals surface area contributed by atoms with E-state index in [1.165, 1.54) is 10.6 Å². The van der Waals surface area contributed by atoms with Gasteiger partial charge in [-0.2, -0.15) is 4.31 Å². The zero-order valence-corrected chi connectivity index (χ0v) is 18.0. The van der Waals surface area contributed by atoms with Crippen molar-refractivity contribution in [2.75, 3.05) is 24.1 Å². The highest BCUT2D eigenvalue weighted by Crippen LogP contribution is 2.28. The minimum atomic E-state index is -3.51. The third kappa shape index (κ3) is 3.82. The number of para-hydroxylation sites is 2. The van der Waals surface area contributed by atoms with Crippen molar-refractivity contribution in [1.82, 2.24) is 23.8 Å². The summed E-state index contributed by atoms with van der Waals surface area (Å²) in [5.41, 5.74) is 9.07. The van der Waals surface area contributed by atoms with Crippen LogP contribution in [0.4, 0.5) is 17.2 Å². The molecule has 0 saturated carbocycles. The Morgan fingerprint density at radius 2 is 1.71 bits per heavy atom. The third-order valence-corrected chi connectivity index (χ3v) is 7.07. The number of rotatable bonds is 7. The minimum Gasteiger partial charge on any atom is -0.393 e. The molecular weight excluding hydrogens is 414 g/mol. The lowest BCUT2D eigenvalue weighted by molar-refractivity contribution is 0.445. The van der Waals surface area contributed by atoms with Gasteiger partial charge in [-0.25, -0.2) is 23.4 Å². The van der Waals surface area contributed by atoms with Gasteiger partial charge >= 0.3 is 0 Å². The molecule has 9 nitrogen and oxygen atoms in total. The predicted octanol–water partition coefficient (Wildman–Crippen LogP) is 3.17. The quantitative estimate of drug-likeness (QED) is 0.456. The standard InChI is InChI=1S/C21H23N7O2S/c1-3-27(4-2)31(29,30)16-11-9-15(10-12-16)26-20-19(22)21(24-13-23-20)28-14-25-17-7-5-6-8-18(17)28/h5-14H,3-4,22H2,1-2H3,(H,23,24,26). The van der Waals surface area contributed by atoms with Crippen LogP contribution >= 0.6 is 0 Å². The highest BCUT2D eigenvalue weighted by atomic mass is 32.2. The van der Waals surface area contributed by atoms with Crippen molar-refractivity contribution in [3.05, 3.63) is 61.2 Å². The van der Waals surface area contributed by atoms with Gasteiger partial charge in [0.1, 0.15) is 18.3 Å². The van der Waals surface area contributed by atoms with E-state index in [4.69, 9.17) is 5.73 Å². The van der Waals surface area contributed by atoms with E-state index in [2.05, 4.69) is 20.3 Å². The van der Waals surface area contributed by atoms with Crippen LogP contribution in [0.3, 0.4) is 0 Å². The van der Waals surface area contributed by atoms with Gasteiger partial charge in [0, 0.05) is 18.8 Å². The summed E-state index contributed by atoms with van der Waals surface area (Å²) < 4.78 is 28.5. The van der Waals surface area contributed by atoms with Crippen molar-refractivity contribution in [2.24, 2.45) is 0 Å². The number of nitrogen functional groups attached to an aromatic ring is 1. The molecule has 0 fully saturated rings. The molecule has 2 aromatic carbocycles. The summed E-state index contributed by atoms with van der Waals surface area (Å²) >= 11 is 0. The van der Waals surface area contributed by atoms with Crippen molar-refractivity contribution < 1.29 is 8.42 Å². The second-order valence-corrected chi connectivity index (χ2v) is 8.74. The molecule has 31 heavy (non-hydrogen) atoms. The summed E-state index contributed by atoms with van der Waals surface area (Å²) in [6.07, 6.45) is 3.09. The Morgan fingerprint density at radius 3 is 2.42 bits per heavy atom. The molecular formula is C21H23N7O2S. The van der Waals surface area contributed by atoms with Crippen LogP contribution < -0.4 is 11.1 Å². The van der Waals surface area contributed by atoms with Gasteiger partial charge in [-0.1, -0.05) is 26.0 Å². The van der Waals surface area contributed by atoms with Gasteiger partial charge in [0.25, 0.3) is 0 Å². The fourth-order valence-electron chi connectivity index (χ4n) is 3.37. The maximum absolute atomic E-state index is 12.7. The van der Waals surface area contributed by atoms with Crippen LogP contribution in [0, 0.1) is 0 Å². The third-order valence-electron chi connectivity index (χ3n) is 5.00. The van der Waals surface area contributed by atoms with Crippen LogP contribution in [0.5, 0.6) is 0 Å². The minimum absolute atomic E-state index is 0.239. The van der Waals surface area contributed by atoms with E-state index in [9.17, 15) is 8.42 Å². The van der Waals surface area contributed by atoms with Gasteiger partial charge in [0.05, 0.1) is 15.9 Å². The van der Waals surface area contributed by atoms with Gasteiger partial charge in [-0.3, -0.25) is 4.57 Å². The number of hydrogen-bond acceptors (Lipinski definition) is 7. The monoisotopic (exact) mass is 437 g/mol. The van der Waals surface area contributed by atoms with Gasteiger partial charge in [0.15, 0.2) is 11.6 Å². The summed E-state index contributed by atoms with van der Waals surface area (Å²) in [5.74, 6) is 0.925. The van der Waals surface area contributed by atoms with Crippen LogP contribution in [0.15, 0.2) is 66.1 Å². The summed E-state index contributed by atoms with van der Waals surface area (Å²) in [6, 6.07) is 14.2. The lowest BCUT2D eigenvalue weighted by atomic mass is 10.3. The highest BCUT2D eigenvalue weighted by molar-refractivity contribution is 7.89. The molecule has 0 spiro atoms. The van der Waals surface area contributed by atoms with E-state index in [1.54, 1.807) is 35.2 Å². The lowest BCUT2D eigenvalue weighted by Crippen LogP contribution is -2.30. The Balaban J connectivity index is 1.63. The van der Waals surface area contributed by atoms with E-state index < -0.39 is 10.0 Å². The van der Waals surface area contributed by atoms with Crippen molar-refractivity contribution in [1.29, 1.82) is 0 Å². The van der Waals surface area contributed by atoms with Gasteiger partial charge in [-0.05, 0) is 36.4 Å². The zero-order chi connectivity index (χ0) is 22.0. The lowest BCUT2D eigenvalue weighted by Gasteiger charge is -2.18. The summed E-state index contributed by atoms with van der Waals surface area (Å²) in [5, 5.41) is 3.14. The van der Waals surface area contributed by atoms with Crippen molar-refractivity contribution >= 4 is 38.2 Å². The topological polar surface area (TPSA) is 119 Å². The molecule has 0 aliphatic rings. The molecule has 0 amide bonds. The molecule has 10 heteroatoms. The molecule has 0 aliphatic heterocycles. The molecule has 160 valence electrons. The van der Waals surface area contributed by atoms with E-state index in [0.717, 1.165) is 11.0 Å². The number of fused-ring (bicyclic) bond motifs is 1. The van der Waals surface area contributed by atoms with Crippen molar-refractivity contribution in [3.8, 4) is 5.82 Å². The average Bonchev–Trinajstić information content (AvgIpc) is 3.20. The van der Waals surface area contributed by atoms with Crippen LogP contribution in [0.2, 0.25) is 0 Å². The van der Waals surface area contributed by atoms with E-state index in [0.29, 0.717) is 36.1 Å². The molecule has 0 unspecified atom stereocenters. The van der Waals surface area contributed by atoms with Crippen LogP contribution in [-0.4, -0.2) is 45.3 Å². The summed E-state index contributed by atoms with van der Waals surface area (Å²) in [6.45, 7) is 4.47. The van der Waals surface area contributed by atoms with Crippen LogP contribution in [0.1, 0.15) is 13.8 Å². The number of nitrogens with two attached hydrogens (primary N) is 1. The molecule has 4 rings (SSSR count). The molecule has 0 saturated heterocycles. The first-order valence-corrected chi connectivity index (χ1v) is 11.3. The number of imidazole rings is 1. The number of nitrogens with one attached hydrogen (secondary N) is 1. The molecule has 0 radical (unpaired) electrons. The molecule has 0 aliphatic carbocycles. The second kappa shape index (κ2) is 8.32. The van der Waals surface area contributed by atoms with Gasteiger partial charge < -0.3 is 11.1 Å². The summed E-state index contributed by atoms with van der Waals surface area (Å²) in [4.78, 5) is 13.2. The zero-order valence-electron chi connectivity index (χ0n) is 17.2. The number of aromatic nitrogens is 4. The number of nitrogens with zero attached hydrogens (tertiary/aromatic N) is 5. The smallest absolute Gasteiger partial charge is 0.243 e. The SMILES string of the molecule is CCN(CC)S(=O)(=O)c1ccc(Nc2ncnc(-n3cnc4ccccc43)c2N)cc1. The molecule has 3 N–H and O–H groups in total. The maximum atomic E-state index is 12.7. The Labute approximate surface area is 180 Å². The Bertz CT molecular complexity index is 1310. The predicted molar refractivity (Wildman–Crippen MR) is 121 cm³/mol. The number of sulfonamides is 1. The Kier molecular flexibility index (Phi) is 5.57. The van der Waals surface area contributed by atoms with E-state index in [-0.39, 0.29) is 4.90 Å².